The van der Waals surface area contributed by atoms with Crippen LogP contribution in [0.1, 0.15) is 83.1 Å². The average Bonchev–Trinajstić information content (AvgIpc) is 2.24. The molecular formula is C20H48B2N2Si2. The number of rotatable bonds is 0. The normalized spacial score (nSPS) is 23.5. The van der Waals surface area contributed by atoms with E-state index in [1.165, 1.54) is 0 Å². The maximum Gasteiger partial charge on any atom is 0.298 e. The van der Waals surface area contributed by atoms with E-state index in [1.807, 2.05) is 0 Å². The molecule has 0 spiro atoms. The van der Waals surface area contributed by atoms with Gasteiger partial charge in [-0.25, -0.2) is 0 Å². The maximum absolute atomic E-state index is 3.03. The lowest BCUT2D eigenvalue weighted by Crippen LogP contribution is -2.92. The summed E-state index contributed by atoms with van der Waals surface area (Å²) in [6, 6.07) is 0. The Morgan fingerprint density at radius 3 is 1.19 bits per heavy atom. The standard InChI is InChI=1S/C20H48B2N2Si2/c1-17(2,3)21-23(19(7,8)9)22(18(4,5)6)25(13,14)26(15,16)24(21)20(10,11)12/h1-16H3. The van der Waals surface area contributed by atoms with Crippen LogP contribution < -0.4 is 0 Å². The number of nitrogens with zero attached hydrogens (tertiary/aromatic N) is 2. The molecule has 1 rings (SSSR count). The summed E-state index contributed by atoms with van der Waals surface area (Å²) in [5.74, 6) is 0. The van der Waals surface area contributed by atoms with Crippen LogP contribution in [0.4, 0.5) is 0 Å². The summed E-state index contributed by atoms with van der Waals surface area (Å²) in [6.45, 7) is 40.7. The van der Waals surface area contributed by atoms with E-state index in [0.717, 1.165) is 0 Å². The molecule has 0 unspecified atom stereocenters. The fourth-order valence-electron chi connectivity index (χ4n) is 5.83. The Kier molecular flexibility index (Phi) is 6.13. The van der Waals surface area contributed by atoms with Gasteiger partial charge in [0.15, 0.2) is 0 Å². The highest BCUT2D eigenvalue weighted by atomic mass is 29.3. The van der Waals surface area contributed by atoms with Gasteiger partial charge in [-0.1, -0.05) is 67.7 Å². The molecule has 0 aliphatic carbocycles. The zero-order valence-corrected chi connectivity index (χ0v) is 23.0. The van der Waals surface area contributed by atoms with Crippen LogP contribution in [-0.4, -0.2) is 48.9 Å². The van der Waals surface area contributed by atoms with Crippen LogP contribution in [0.3, 0.4) is 0 Å². The van der Waals surface area contributed by atoms with Gasteiger partial charge < -0.3 is 9.20 Å². The maximum atomic E-state index is 3.03. The van der Waals surface area contributed by atoms with E-state index in [4.69, 9.17) is 0 Å². The first-order valence-corrected chi connectivity index (χ1v) is 17.6. The Morgan fingerprint density at radius 2 is 0.962 bits per heavy atom. The molecular weight excluding hydrogens is 346 g/mol. The second kappa shape index (κ2) is 6.50. The molecule has 0 amide bonds. The molecule has 2 nitrogen and oxygen atoms in total. The second-order valence-electron chi connectivity index (χ2n) is 13.9. The zero-order chi connectivity index (χ0) is 21.3. The molecule has 0 atom stereocenters. The van der Waals surface area contributed by atoms with Crippen LogP contribution in [0.2, 0.25) is 36.8 Å². The molecule has 1 aliphatic heterocycles. The van der Waals surface area contributed by atoms with E-state index in [1.54, 1.807) is 0 Å². The van der Waals surface area contributed by atoms with Crippen LogP contribution >= 0.6 is 0 Å². The molecule has 152 valence electrons. The SMILES string of the molecule is CC(C)(C)B1N(C(C)(C)C)B(C(C)(C)C)[Si](C)(C)[Si](C)(C)N1C(C)(C)C. The largest absolute Gasteiger partial charge is 0.367 e. The number of hydrogen-bond donors (Lipinski definition) is 0. The van der Waals surface area contributed by atoms with Gasteiger partial charge in [0.05, 0.1) is 15.2 Å². The van der Waals surface area contributed by atoms with Crippen molar-refractivity contribution >= 4 is 28.6 Å². The van der Waals surface area contributed by atoms with Gasteiger partial charge in [-0.3, -0.25) is 0 Å². The van der Waals surface area contributed by atoms with Gasteiger partial charge >= 0.3 is 0 Å². The van der Waals surface area contributed by atoms with Crippen LogP contribution in [0.15, 0.2) is 0 Å². The molecule has 1 heterocycles. The van der Waals surface area contributed by atoms with Gasteiger partial charge in [-0.05, 0) is 63.2 Å². The predicted octanol–water partition coefficient (Wildman–Crippen LogP) is 6.35. The lowest BCUT2D eigenvalue weighted by atomic mass is 9.42. The molecule has 0 saturated carbocycles. The molecule has 0 N–H and O–H groups in total. The lowest BCUT2D eigenvalue weighted by molar-refractivity contribution is 0.270. The van der Waals surface area contributed by atoms with E-state index in [-0.39, 0.29) is 16.4 Å². The third-order valence-corrected chi connectivity index (χ3v) is 25.5. The molecule has 0 aromatic rings. The molecule has 1 aliphatic rings. The van der Waals surface area contributed by atoms with Gasteiger partial charge in [0.1, 0.15) is 0 Å². The summed E-state index contributed by atoms with van der Waals surface area (Å²) in [5.41, 5.74) is 0.332. The molecule has 1 fully saturated rings. The van der Waals surface area contributed by atoms with E-state index in [0.29, 0.717) is 18.7 Å². The summed E-state index contributed by atoms with van der Waals surface area (Å²) < 4.78 is 5.99. The van der Waals surface area contributed by atoms with Crippen molar-refractivity contribution in [3.63, 3.8) is 0 Å². The molecule has 0 aromatic heterocycles. The third kappa shape index (κ3) is 4.09. The van der Waals surface area contributed by atoms with Gasteiger partial charge in [-0.15, -0.1) is 0 Å². The molecule has 0 radical (unpaired) electrons. The van der Waals surface area contributed by atoms with E-state index >= 15 is 0 Å². The highest BCUT2D eigenvalue weighted by Crippen LogP contribution is 2.52. The molecule has 1 saturated heterocycles. The Morgan fingerprint density at radius 1 is 0.577 bits per heavy atom. The smallest absolute Gasteiger partial charge is 0.298 e. The van der Waals surface area contributed by atoms with Gasteiger partial charge in [0.2, 0.25) is 6.44 Å². The summed E-state index contributed by atoms with van der Waals surface area (Å²) in [7, 11) is -3.18. The molecule has 26 heavy (non-hydrogen) atoms. The molecule has 6 heteroatoms. The van der Waals surface area contributed by atoms with Crippen molar-refractivity contribution in [3.05, 3.63) is 0 Å². The Balaban J connectivity index is 3.96. The fourth-order valence-corrected chi connectivity index (χ4v) is 20.3. The molecule has 0 aromatic carbocycles. The van der Waals surface area contributed by atoms with Crippen molar-refractivity contribution in [3.8, 4) is 0 Å². The van der Waals surface area contributed by atoms with E-state index in [9.17, 15) is 0 Å². The Hall–Kier alpha value is 0.484. The quantitative estimate of drug-likeness (QED) is 0.442. The predicted molar refractivity (Wildman–Crippen MR) is 129 cm³/mol. The monoisotopic (exact) mass is 394 g/mol. The zero-order valence-electron chi connectivity index (χ0n) is 21.0. The fraction of sp³-hybridized carbons (Fsp3) is 1.00. The Labute approximate surface area is 168 Å². The summed E-state index contributed by atoms with van der Waals surface area (Å²) in [5, 5.41) is 0.500. The van der Waals surface area contributed by atoms with Crippen molar-refractivity contribution in [2.45, 2.75) is 131 Å². The topological polar surface area (TPSA) is 6.48 Å². The van der Waals surface area contributed by atoms with Gasteiger partial charge in [-0.2, -0.15) is 0 Å². The third-order valence-electron chi connectivity index (χ3n) is 6.74. The van der Waals surface area contributed by atoms with Crippen LogP contribution in [0, 0.1) is 0 Å². The van der Waals surface area contributed by atoms with E-state index < -0.39 is 15.2 Å². The van der Waals surface area contributed by atoms with Crippen molar-refractivity contribution in [2.24, 2.45) is 0 Å². The molecule has 0 bridgehead atoms. The first kappa shape index (κ1) is 24.5. The Bertz CT molecular complexity index is 472. The van der Waals surface area contributed by atoms with Crippen molar-refractivity contribution in [1.29, 1.82) is 0 Å². The van der Waals surface area contributed by atoms with Gasteiger partial charge in [0.25, 0.3) is 6.98 Å². The van der Waals surface area contributed by atoms with Crippen LogP contribution in [-0.2, 0) is 0 Å². The highest BCUT2D eigenvalue weighted by Gasteiger charge is 2.69. The van der Waals surface area contributed by atoms with Crippen molar-refractivity contribution < 1.29 is 0 Å². The minimum absolute atomic E-state index is 0.147. The average molecular weight is 394 g/mol. The highest BCUT2D eigenvalue weighted by molar-refractivity contribution is 7.65. The summed E-state index contributed by atoms with van der Waals surface area (Å²) >= 11 is 0. The first-order valence-electron chi connectivity index (χ1n) is 10.6. The van der Waals surface area contributed by atoms with Crippen LogP contribution in [0.25, 0.3) is 0 Å². The summed E-state index contributed by atoms with van der Waals surface area (Å²) in [4.78, 5) is 0. The van der Waals surface area contributed by atoms with E-state index in [2.05, 4.69) is 118 Å². The van der Waals surface area contributed by atoms with Crippen molar-refractivity contribution in [2.75, 3.05) is 0 Å². The lowest BCUT2D eigenvalue weighted by Gasteiger charge is -2.71. The van der Waals surface area contributed by atoms with Gasteiger partial charge in [0, 0.05) is 0 Å². The number of hydrogen-bond acceptors (Lipinski definition) is 2. The minimum atomic E-state index is -1.62. The first-order chi connectivity index (χ1) is 11.0. The van der Waals surface area contributed by atoms with Crippen LogP contribution in [0.5, 0.6) is 0 Å². The minimum Gasteiger partial charge on any atom is -0.367 e. The summed E-state index contributed by atoms with van der Waals surface area (Å²) in [6.07, 6.45) is 0.680. The second-order valence-corrected chi connectivity index (χ2v) is 29.0. The van der Waals surface area contributed by atoms with Crippen molar-refractivity contribution in [1.82, 2.24) is 9.20 Å².